The van der Waals surface area contributed by atoms with E-state index in [4.69, 9.17) is 9.73 Å². The van der Waals surface area contributed by atoms with Gasteiger partial charge < -0.3 is 20.3 Å². The fourth-order valence-electron chi connectivity index (χ4n) is 3.01. The Morgan fingerprint density at radius 2 is 1.81 bits per heavy atom. The van der Waals surface area contributed by atoms with E-state index in [9.17, 15) is 0 Å². The number of guanidine groups is 1. The highest BCUT2D eigenvalue weighted by Gasteiger charge is 2.11. The predicted molar refractivity (Wildman–Crippen MR) is 111 cm³/mol. The van der Waals surface area contributed by atoms with Crippen molar-refractivity contribution in [1.29, 1.82) is 0 Å². The number of nitrogens with one attached hydrogen (secondary N) is 2. The van der Waals surface area contributed by atoms with Crippen LogP contribution in [-0.2, 0) is 11.3 Å². The summed E-state index contributed by atoms with van der Waals surface area (Å²) in [6.07, 6.45) is 2.40. The summed E-state index contributed by atoms with van der Waals surface area (Å²) in [6.45, 7) is 14.0. The van der Waals surface area contributed by atoms with E-state index < -0.39 is 0 Å². The summed E-state index contributed by atoms with van der Waals surface area (Å²) in [7, 11) is 0. The van der Waals surface area contributed by atoms with Crippen molar-refractivity contribution in [1.82, 2.24) is 10.6 Å². The minimum Gasteiger partial charge on any atom is -0.378 e. The first-order valence-corrected chi connectivity index (χ1v) is 10.0. The van der Waals surface area contributed by atoms with Crippen LogP contribution in [0.25, 0.3) is 0 Å². The lowest BCUT2D eigenvalue weighted by atomic mass is 10.0. The fraction of sp³-hybridized carbons (Fsp3) is 0.667. The minimum absolute atomic E-state index is 0.430. The van der Waals surface area contributed by atoms with Crippen LogP contribution < -0.4 is 15.5 Å². The van der Waals surface area contributed by atoms with Gasteiger partial charge in [0.15, 0.2) is 5.96 Å². The van der Waals surface area contributed by atoms with Crippen molar-refractivity contribution in [2.24, 2.45) is 10.9 Å². The molecule has 1 heterocycles. The molecule has 1 saturated heterocycles. The SMILES string of the molecule is CCNC(=NCc1ccc(N2CCOCC2)cc1)NC(C)CCC(C)C. The Balaban J connectivity index is 1.89. The lowest BCUT2D eigenvalue weighted by Gasteiger charge is -2.28. The number of hydrogen-bond donors (Lipinski definition) is 2. The molecule has 5 heteroatoms. The van der Waals surface area contributed by atoms with Gasteiger partial charge in [-0.1, -0.05) is 26.0 Å². The van der Waals surface area contributed by atoms with Crippen molar-refractivity contribution in [3.05, 3.63) is 29.8 Å². The zero-order valence-corrected chi connectivity index (χ0v) is 16.9. The summed E-state index contributed by atoms with van der Waals surface area (Å²) in [5.41, 5.74) is 2.50. The molecule has 2 rings (SSSR count). The van der Waals surface area contributed by atoms with Gasteiger partial charge in [0, 0.05) is 31.4 Å². The topological polar surface area (TPSA) is 48.9 Å². The Morgan fingerprint density at radius 3 is 2.42 bits per heavy atom. The second-order valence-corrected chi connectivity index (χ2v) is 7.48. The summed E-state index contributed by atoms with van der Waals surface area (Å²) in [5, 5.41) is 6.87. The van der Waals surface area contributed by atoms with Crippen LogP contribution in [0.4, 0.5) is 5.69 Å². The van der Waals surface area contributed by atoms with Gasteiger partial charge in [0.1, 0.15) is 0 Å². The van der Waals surface area contributed by atoms with Crippen LogP contribution in [0, 0.1) is 5.92 Å². The molecule has 1 atom stereocenters. The summed E-state index contributed by atoms with van der Waals surface area (Å²) in [5.74, 6) is 1.64. The normalized spacial score (nSPS) is 16.7. The summed E-state index contributed by atoms with van der Waals surface area (Å²) < 4.78 is 5.42. The molecule has 0 amide bonds. The van der Waals surface area contributed by atoms with E-state index in [-0.39, 0.29) is 0 Å². The number of anilines is 1. The average molecular weight is 361 g/mol. The van der Waals surface area contributed by atoms with Gasteiger partial charge in [-0.3, -0.25) is 0 Å². The van der Waals surface area contributed by atoms with Crippen molar-refractivity contribution in [2.45, 2.75) is 53.1 Å². The number of nitrogens with zero attached hydrogens (tertiary/aromatic N) is 2. The first-order chi connectivity index (χ1) is 12.6. The molecule has 1 aromatic carbocycles. The minimum atomic E-state index is 0.430. The van der Waals surface area contributed by atoms with Crippen LogP contribution in [0.3, 0.4) is 0 Å². The zero-order chi connectivity index (χ0) is 18.8. The van der Waals surface area contributed by atoms with Gasteiger partial charge in [-0.25, -0.2) is 4.99 Å². The molecule has 0 bridgehead atoms. The highest BCUT2D eigenvalue weighted by atomic mass is 16.5. The van der Waals surface area contributed by atoms with Gasteiger partial charge in [-0.2, -0.15) is 0 Å². The molecule has 146 valence electrons. The molecular formula is C21H36N4O. The van der Waals surface area contributed by atoms with Gasteiger partial charge in [0.25, 0.3) is 0 Å². The van der Waals surface area contributed by atoms with Gasteiger partial charge >= 0.3 is 0 Å². The van der Waals surface area contributed by atoms with E-state index in [1.165, 1.54) is 17.7 Å². The number of hydrogen-bond acceptors (Lipinski definition) is 3. The van der Waals surface area contributed by atoms with Crippen LogP contribution in [-0.4, -0.2) is 44.8 Å². The van der Waals surface area contributed by atoms with E-state index in [2.05, 4.69) is 67.5 Å². The molecule has 2 N–H and O–H groups in total. The van der Waals surface area contributed by atoms with Crippen molar-refractivity contribution in [3.63, 3.8) is 0 Å². The molecule has 0 spiro atoms. The van der Waals surface area contributed by atoms with E-state index >= 15 is 0 Å². The second kappa shape index (κ2) is 11.1. The molecule has 0 aliphatic carbocycles. The number of benzene rings is 1. The summed E-state index contributed by atoms with van der Waals surface area (Å²) in [6, 6.07) is 9.18. The highest BCUT2D eigenvalue weighted by molar-refractivity contribution is 5.80. The smallest absolute Gasteiger partial charge is 0.191 e. The van der Waals surface area contributed by atoms with Crippen molar-refractivity contribution < 1.29 is 4.74 Å². The van der Waals surface area contributed by atoms with Crippen molar-refractivity contribution in [2.75, 3.05) is 37.7 Å². The lowest BCUT2D eigenvalue weighted by molar-refractivity contribution is 0.122. The molecule has 0 radical (unpaired) electrons. The Labute approximate surface area is 159 Å². The van der Waals surface area contributed by atoms with Gasteiger partial charge in [0.2, 0.25) is 0 Å². The largest absolute Gasteiger partial charge is 0.378 e. The predicted octanol–water partition coefficient (Wildman–Crippen LogP) is 3.40. The van der Waals surface area contributed by atoms with E-state index in [0.717, 1.165) is 51.1 Å². The molecule has 0 saturated carbocycles. The Bertz CT molecular complexity index is 535. The fourth-order valence-corrected chi connectivity index (χ4v) is 3.01. The third-order valence-electron chi connectivity index (χ3n) is 4.64. The lowest BCUT2D eigenvalue weighted by Crippen LogP contribution is -2.42. The molecule has 1 unspecified atom stereocenters. The van der Waals surface area contributed by atoms with Crippen LogP contribution >= 0.6 is 0 Å². The maximum absolute atomic E-state index is 5.42. The highest BCUT2D eigenvalue weighted by Crippen LogP contribution is 2.17. The van der Waals surface area contributed by atoms with Crippen molar-refractivity contribution >= 4 is 11.6 Å². The standard InChI is InChI=1S/C21H36N4O/c1-5-22-21(24-18(4)7-6-17(2)3)23-16-19-8-10-20(11-9-19)25-12-14-26-15-13-25/h8-11,17-18H,5-7,12-16H2,1-4H3,(H2,22,23,24). The number of aliphatic imine (C=N–C) groups is 1. The molecule has 1 aliphatic heterocycles. The number of rotatable bonds is 8. The summed E-state index contributed by atoms with van der Waals surface area (Å²) >= 11 is 0. The van der Waals surface area contributed by atoms with Gasteiger partial charge in [0.05, 0.1) is 19.8 Å². The van der Waals surface area contributed by atoms with Crippen LogP contribution in [0.5, 0.6) is 0 Å². The molecule has 1 fully saturated rings. The third-order valence-corrected chi connectivity index (χ3v) is 4.64. The first kappa shape index (κ1) is 20.6. The molecule has 0 aromatic heterocycles. The van der Waals surface area contributed by atoms with E-state index in [1.807, 2.05) is 0 Å². The third kappa shape index (κ3) is 7.24. The zero-order valence-electron chi connectivity index (χ0n) is 16.9. The van der Waals surface area contributed by atoms with Gasteiger partial charge in [-0.15, -0.1) is 0 Å². The maximum atomic E-state index is 5.42. The maximum Gasteiger partial charge on any atom is 0.191 e. The Kier molecular flexibility index (Phi) is 8.75. The monoisotopic (exact) mass is 360 g/mol. The van der Waals surface area contributed by atoms with E-state index in [0.29, 0.717) is 12.6 Å². The van der Waals surface area contributed by atoms with Crippen LogP contribution in [0.2, 0.25) is 0 Å². The Hall–Kier alpha value is -1.75. The number of ether oxygens (including phenoxy) is 1. The Morgan fingerprint density at radius 1 is 1.12 bits per heavy atom. The summed E-state index contributed by atoms with van der Waals surface area (Å²) in [4.78, 5) is 7.13. The van der Waals surface area contributed by atoms with Crippen LogP contribution in [0.1, 0.15) is 46.1 Å². The average Bonchev–Trinajstić information content (AvgIpc) is 2.66. The molecule has 1 aromatic rings. The molecule has 1 aliphatic rings. The van der Waals surface area contributed by atoms with E-state index in [1.54, 1.807) is 0 Å². The molecular weight excluding hydrogens is 324 g/mol. The number of morpholine rings is 1. The quantitative estimate of drug-likeness (QED) is 0.551. The second-order valence-electron chi connectivity index (χ2n) is 7.48. The van der Waals surface area contributed by atoms with Crippen LogP contribution in [0.15, 0.2) is 29.3 Å². The first-order valence-electron chi connectivity index (χ1n) is 10.0. The molecule has 5 nitrogen and oxygen atoms in total. The van der Waals surface area contributed by atoms with Crippen molar-refractivity contribution in [3.8, 4) is 0 Å². The molecule has 26 heavy (non-hydrogen) atoms. The van der Waals surface area contributed by atoms with Gasteiger partial charge in [-0.05, 0) is 50.3 Å².